The lowest BCUT2D eigenvalue weighted by Gasteiger charge is -2.23. The first-order chi connectivity index (χ1) is 15.3. The van der Waals surface area contributed by atoms with Crippen molar-refractivity contribution in [3.63, 3.8) is 0 Å². The summed E-state index contributed by atoms with van der Waals surface area (Å²) in [5, 5.41) is 11.9. The minimum Gasteiger partial charge on any atom is -0.439 e. The Labute approximate surface area is 195 Å². The third-order valence-corrected chi connectivity index (χ3v) is 4.84. The topological polar surface area (TPSA) is 127 Å². The molecule has 0 fully saturated rings. The summed E-state index contributed by atoms with van der Waals surface area (Å²) in [6.45, 7) is 12.2. The zero-order chi connectivity index (χ0) is 24.8. The molecule has 33 heavy (non-hydrogen) atoms. The molecule has 0 aliphatic heterocycles. The maximum Gasteiger partial charge on any atom is 0.405 e. The van der Waals surface area contributed by atoms with Gasteiger partial charge in [-0.15, -0.1) is 0 Å². The Morgan fingerprint density at radius 3 is 2.36 bits per heavy atom. The van der Waals surface area contributed by atoms with Crippen LogP contribution in [0, 0.1) is 16.7 Å². The van der Waals surface area contributed by atoms with Gasteiger partial charge in [-0.2, -0.15) is 5.26 Å². The van der Waals surface area contributed by atoms with Crippen molar-refractivity contribution in [1.29, 1.82) is 5.26 Å². The number of amides is 2. The van der Waals surface area contributed by atoms with Gasteiger partial charge in [0.15, 0.2) is 6.10 Å². The molecule has 0 unspecified atom stereocenters. The fourth-order valence-electron chi connectivity index (χ4n) is 3.07. The lowest BCUT2D eigenvalue weighted by Crippen LogP contribution is -2.35. The maximum atomic E-state index is 12.6. The minimum absolute atomic E-state index is 0.0303. The molecule has 0 spiro atoms. The van der Waals surface area contributed by atoms with Gasteiger partial charge < -0.3 is 20.5 Å². The third-order valence-electron chi connectivity index (χ3n) is 4.84. The molecule has 1 aromatic heterocycles. The van der Waals surface area contributed by atoms with Gasteiger partial charge in [0.1, 0.15) is 5.75 Å². The summed E-state index contributed by atoms with van der Waals surface area (Å²) in [7, 11) is 0. The van der Waals surface area contributed by atoms with E-state index in [-0.39, 0.29) is 10.8 Å². The predicted octanol–water partition coefficient (Wildman–Crippen LogP) is 5.27. The average molecular weight is 453 g/mol. The van der Waals surface area contributed by atoms with Crippen molar-refractivity contribution in [3.8, 4) is 17.7 Å². The summed E-state index contributed by atoms with van der Waals surface area (Å²) in [5.74, 6) is 0.458. The van der Waals surface area contributed by atoms with Crippen LogP contribution in [0.3, 0.4) is 0 Å². The van der Waals surface area contributed by atoms with Crippen molar-refractivity contribution >= 4 is 17.7 Å². The normalized spacial score (nSPS) is 12.4. The molecule has 0 radical (unpaired) electrons. The first-order valence-corrected chi connectivity index (χ1v) is 10.7. The summed E-state index contributed by atoms with van der Waals surface area (Å²) in [6, 6.07) is 10.7. The highest BCUT2D eigenvalue weighted by Crippen LogP contribution is 2.34. The van der Waals surface area contributed by atoms with Gasteiger partial charge in [0, 0.05) is 11.6 Å². The number of ether oxygens (including phenoxy) is 2. The fraction of sp³-hybridized carbons (Fsp3) is 0.440. The number of pyridine rings is 1. The lowest BCUT2D eigenvalue weighted by atomic mass is 9.85. The zero-order valence-electron chi connectivity index (χ0n) is 20.1. The van der Waals surface area contributed by atoms with Crippen LogP contribution in [-0.2, 0) is 14.9 Å². The summed E-state index contributed by atoms with van der Waals surface area (Å²) in [5.41, 5.74) is 6.72. The molecular formula is C25H32N4O4. The molecule has 1 heterocycles. The van der Waals surface area contributed by atoms with Gasteiger partial charge in [0.05, 0.1) is 23.5 Å². The van der Waals surface area contributed by atoms with Crippen molar-refractivity contribution in [2.45, 2.75) is 65.9 Å². The Kier molecular flexibility index (Phi) is 8.04. The highest BCUT2D eigenvalue weighted by Gasteiger charge is 2.25. The molecule has 1 aromatic carbocycles. The molecule has 2 aromatic rings. The Morgan fingerprint density at radius 2 is 1.85 bits per heavy atom. The third kappa shape index (κ3) is 8.11. The largest absolute Gasteiger partial charge is 0.439 e. The van der Waals surface area contributed by atoms with E-state index in [0.29, 0.717) is 35.7 Å². The van der Waals surface area contributed by atoms with Gasteiger partial charge in [-0.1, -0.05) is 41.5 Å². The predicted molar refractivity (Wildman–Crippen MR) is 126 cm³/mol. The second-order valence-electron chi connectivity index (χ2n) is 10.1. The van der Waals surface area contributed by atoms with E-state index in [9.17, 15) is 14.9 Å². The Balaban J connectivity index is 2.13. The van der Waals surface area contributed by atoms with Crippen LogP contribution in [0.4, 0.5) is 10.5 Å². The summed E-state index contributed by atoms with van der Waals surface area (Å²) < 4.78 is 11.0. The summed E-state index contributed by atoms with van der Waals surface area (Å²) in [4.78, 5) is 28.1. The SMILES string of the molecule is CC(C)(C)CC[C@@H](OC(N)=O)C(=O)Nc1ccc(Oc2ccc(C#N)cc2C(C)(C)C)nc1. The molecule has 2 amide bonds. The van der Waals surface area contributed by atoms with Crippen LogP contribution in [0.5, 0.6) is 11.6 Å². The van der Waals surface area contributed by atoms with E-state index in [1.54, 1.807) is 30.3 Å². The molecule has 1 atom stereocenters. The monoisotopic (exact) mass is 452 g/mol. The van der Waals surface area contributed by atoms with E-state index >= 15 is 0 Å². The molecule has 2 rings (SSSR count). The smallest absolute Gasteiger partial charge is 0.405 e. The van der Waals surface area contributed by atoms with Gasteiger partial charge in [0.25, 0.3) is 5.91 Å². The number of hydrogen-bond donors (Lipinski definition) is 2. The number of hydrogen-bond acceptors (Lipinski definition) is 6. The molecule has 0 aliphatic rings. The number of carbonyl (C=O) groups excluding carboxylic acids is 2. The van der Waals surface area contributed by atoms with Crippen molar-refractivity contribution in [3.05, 3.63) is 47.7 Å². The van der Waals surface area contributed by atoms with Gasteiger partial charge in [-0.05, 0) is 47.9 Å². The number of aromatic nitrogens is 1. The summed E-state index contributed by atoms with van der Waals surface area (Å²) in [6.07, 6.45) is 0.484. The number of carbonyl (C=O) groups is 2. The van der Waals surface area contributed by atoms with Crippen molar-refractivity contribution in [1.82, 2.24) is 4.98 Å². The number of nitrogens with two attached hydrogens (primary N) is 1. The van der Waals surface area contributed by atoms with Crippen LogP contribution < -0.4 is 15.8 Å². The van der Waals surface area contributed by atoms with Crippen LogP contribution in [0.1, 0.15) is 65.5 Å². The van der Waals surface area contributed by atoms with E-state index in [4.69, 9.17) is 15.2 Å². The highest BCUT2D eigenvalue weighted by atomic mass is 16.6. The van der Waals surface area contributed by atoms with Crippen LogP contribution >= 0.6 is 0 Å². The fourth-order valence-corrected chi connectivity index (χ4v) is 3.07. The number of anilines is 1. The van der Waals surface area contributed by atoms with Crippen LogP contribution in [0.25, 0.3) is 0 Å². The second kappa shape index (κ2) is 10.3. The van der Waals surface area contributed by atoms with Gasteiger partial charge in [-0.3, -0.25) is 4.79 Å². The van der Waals surface area contributed by atoms with Crippen LogP contribution in [0.15, 0.2) is 36.5 Å². The number of nitrogens with zero attached hydrogens (tertiary/aromatic N) is 2. The number of primary amides is 1. The van der Waals surface area contributed by atoms with Crippen LogP contribution in [0.2, 0.25) is 0 Å². The Hall–Kier alpha value is -3.60. The highest BCUT2D eigenvalue weighted by molar-refractivity contribution is 5.95. The first-order valence-electron chi connectivity index (χ1n) is 10.7. The molecule has 8 heteroatoms. The molecule has 8 nitrogen and oxygen atoms in total. The van der Waals surface area contributed by atoms with E-state index in [1.165, 1.54) is 6.20 Å². The second-order valence-corrected chi connectivity index (χ2v) is 10.1. The number of benzene rings is 1. The Bertz CT molecular complexity index is 1030. The molecule has 0 aliphatic carbocycles. The van der Waals surface area contributed by atoms with E-state index in [0.717, 1.165) is 5.56 Å². The standard InChI is InChI=1S/C25H32N4O4/c1-24(2,3)12-11-20(33-23(27)31)22(30)29-17-8-10-21(28-15-17)32-19-9-7-16(14-26)13-18(19)25(4,5)6/h7-10,13,15,20H,11-12H2,1-6H3,(H2,27,31)(H,29,30)/t20-/m1/s1. The number of nitrogens with one attached hydrogen (secondary N) is 1. The van der Waals surface area contributed by atoms with E-state index in [2.05, 4.69) is 16.4 Å². The van der Waals surface area contributed by atoms with Gasteiger partial charge in [-0.25, -0.2) is 9.78 Å². The average Bonchev–Trinajstić information content (AvgIpc) is 2.71. The van der Waals surface area contributed by atoms with Crippen molar-refractivity contribution in [2.24, 2.45) is 11.1 Å². The van der Waals surface area contributed by atoms with E-state index < -0.39 is 18.1 Å². The zero-order valence-corrected chi connectivity index (χ0v) is 20.1. The minimum atomic E-state index is -0.997. The summed E-state index contributed by atoms with van der Waals surface area (Å²) >= 11 is 0. The van der Waals surface area contributed by atoms with Crippen LogP contribution in [-0.4, -0.2) is 23.1 Å². The van der Waals surface area contributed by atoms with Gasteiger partial charge in [0.2, 0.25) is 5.88 Å². The first kappa shape index (κ1) is 25.7. The lowest BCUT2D eigenvalue weighted by molar-refractivity contribution is -0.124. The molecule has 176 valence electrons. The number of rotatable bonds is 7. The van der Waals surface area contributed by atoms with Crippen molar-refractivity contribution < 1.29 is 19.1 Å². The van der Waals surface area contributed by atoms with Gasteiger partial charge >= 0.3 is 6.09 Å². The molecular weight excluding hydrogens is 420 g/mol. The van der Waals surface area contributed by atoms with Crippen molar-refractivity contribution in [2.75, 3.05) is 5.32 Å². The molecule has 0 bridgehead atoms. The number of nitriles is 1. The quantitative estimate of drug-likeness (QED) is 0.589. The molecule has 0 saturated heterocycles. The molecule has 3 N–H and O–H groups in total. The molecule has 0 saturated carbocycles. The van der Waals surface area contributed by atoms with E-state index in [1.807, 2.05) is 41.5 Å². The maximum absolute atomic E-state index is 12.6. The Morgan fingerprint density at radius 1 is 1.15 bits per heavy atom.